The molecule has 2 atom stereocenters. The van der Waals surface area contributed by atoms with Gasteiger partial charge in [-0.2, -0.15) is 0 Å². The Morgan fingerprint density at radius 2 is 1.47 bits per heavy atom. The van der Waals surface area contributed by atoms with E-state index in [1.165, 1.54) is 22.3 Å². The molecule has 156 valence electrons. The van der Waals surface area contributed by atoms with Gasteiger partial charge in [-0.05, 0) is 73.2 Å². The topological polar surface area (TPSA) is 49.7 Å². The summed E-state index contributed by atoms with van der Waals surface area (Å²) in [4.78, 5) is 0. The molecule has 0 bridgehead atoms. The summed E-state index contributed by atoms with van der Waals surface area (Å²) in [5, 5.41) is 19.3. The lowest BCUT2D eigenvalue weighted by atomic mass is 9.67. The normalized spacial score (nSPS) is 20.8. The van der Waals surface area contributed by atoms with E-state index in [2.05, 4.69) is 45.9 Å². The van der Waals surface area contributed by atoms with Crippen LogP contribution in [0.5, 0.6) is 17.2 Å². The molecule has 1 aliphatic rings. The minimum atomic E-state index is -0.277. The number of benzene rings is 3. The second-order valence-electron chi connectivity index (χ2n) is 9.44. The first kappa shape index (κ1) is 20.3. The smallest absolute Gasteiger partial charge is 0.124 e. The molecule has 3 aromatic rings. The van der Waals surface area contributed by atoms with Crippen LogP contribution in [0.1, 0.15) is 62.3 Å². The van der Waals surface area contributed by atoms with Crippen molar-refractivity contribution in [3.05, 3.63) is 89.0 Å². The van der Waals surface area contributed by atoms with Gasteiger partial charge in [-0.25, -0.2) is 0 Å². The van der Waals surface area contributed by atoms with E-state index in [0.29, 0.717) is 11.7 Å². The second kappa shape index (κ2) is 7.39. The molecule has 3 heteroatoms. The van der Waals surface area contributed by atoms with E-state index in [0.717, 1.165) is 18.6 Å². The van der Waals surface area contributed by atoms with Crippen molar-refractivity contribution in [2.75, 3.05) is 0 Å². The lowest BCUT2D eigenvalue weighted by Crippen LogP contribution is -2.43. The van der Waals surface area contributed by atoms with Crippen LogP contribution in [0.2, 0.25) is 0 Å². The number of phenolic OH excluding ortho intramolecular Hbond substituents is 2. The van der Waals surface area contributed by atoms with Crippen molar-refractivity contribution in [1.82, 2.24) is 0 Å². The highest BCUT2D eigenvalue weighted by Gasteiger charge is 2.43. The molecule has 1 heterocycles. The fourth-order valence-corrected chi connectivity index (χ4v) is 4.87. The Morgan fingerprint density at radius 1 is 0.867 bits per heavy atom. The Bertz CT molecular complexity index is 1030. The molecule has 2 unspecified atom stereocenters. The van der Waals surface area contributed by atoms with Crippen LogP contribution in [0.25, 0.3) is 0 Å². The molecule has 0 radical (unpaired) electrons. The van der Waals surface area contributed by atoms with Crippen molar-refractivity contribution in [3.8, 4) is 17.2 Å². The minimum Gasteiger partial charge on any atom is -0.508 e. The van der Waals surface area contributed by atoms with E-state index in [1.54, 1.807) is 24.3 Å². The molecular weight excluding hydrogens is 372 g/mol. The summed E-state index contributed by atoms with van der Waals surface area (Å²) >= 11 is 0. The highest BCUT2D eigenvalue weighted by Crippen LogP contribution is 2.49. The molecule has 0 fully saturated rings. The first-order valence-corrected chi connectivity index (χ1v) is 10.6. The van der Waals surface area contributed by atoms with Gasteiger partial charge in [0.2, 0.25) is 0 Å². The highest BCUT2D eigenvalue weighted by atomic mass is 16.5. The predicted molar refractivity (Wildman–Crippen MR) is 121 cm³/mol. The first-order chi connectivity index (χ1) is 14.2. The van der Waals surface area contributed by atoms with E-state index in [9.17, 15) is 10.2 Å². The summed E-state index contributed by atoms with van der Waals surface area (Å²) in [5.41, 5.74) is 4.37. The van der Waals surface area contributed by atoms with Gasteiger partial charge in [0, 0.05) is 17.4 Å². The Morgan fingerprint density at radius 3 is 2.10 bits per heavy atom. The molecular formula is C27H30O3. The SMILES string of the molecule is CC(Cc1ccc2c(c1)C(C)(c1ccc(O)cc1)CC(C)(C)O2)c1ccc(O)cc1. The summed E-state index contributed by atoms with van der Waals surface area (Å²) in [6.45, 7) is 8.76. The molecule has 0 aromatic heterocycles. The third-order valence-electron chi connectivity index (χ3n) is 6.31. The van der Waals surface area contributed by atoms with Crippen LogP contribution in [-0.4, -0.2) is 15.8 Å². The summed E-state index contributed by atoms with van der Waals surface area (Å²) in [7, 11) is 0. The fraction of sp³-hybridized carbons (Fsp3) is 0.333. The molecule has 3 nitrogen and oxygen atoms in total. The van der Waals surface area contributed by atoms with Gasteiger partial charge in [0.1, 0.15) is 22.8 Å². The average Bonchev–Trinajstić information content (AvgIpc) is 2.68. The fourth-order valence-electron chi connectivity index (χ4n) is 4.87. The number of phenols is 2. The zero-order chi connectivity index (χ0) is 21.5. The minimum absolute atomic E-state index is 0.206. The van der Waals surface area contributed by atoms with Crippen molar-refractivity contribution in [1.29, 1.82) is 0 Å². The summed E-state index contributed by atoms with van der Waals surface area (Å²) in [6, 6.07) is 21.6. The van der Waals surface area contributed by atoms with E-state index < -0.39 is 0 Å². The van der Waals surface area contributed by atoms with E-state index in [4.69, 9.17) is 4.74 Å². The van der Waals surface area contributed by atoms with Gasteiger partial charge >= 0.3 is 0 Å². The van der Waals surface area contributed by atoms with Gasteiger partial charge < -0.3 is 14.9 Å². The molecule has 0 aliphatic carbocycles. The van der Waals surface area contributed by atoms with Crippen molar-refractivity contribution in [2.24, 2.45) is 0 Å². The van der Waals surface area contributed by atoms with E-state index in [-0.39, 0.29) is 16.8 Å². The van der Waals surface area contributed by atoms with Crippen LogP contribution in [0.15, 0.2) is 66.7 Å². The number of aromatic hydroxyl groups is 2. The molecule has 30 heavy (non-hydrogen) atoms. The second-order valence-corrected chi connectivity index (χ2v) is 9.44. The molecule has 0 saturated carbocycles. The monoisotopic (exact) mass is 402 g/mol. The number of fused-ring (bicyclic) bond motifs is 1. The lowest BCUT2D eigenvalue weighted by molar-refractivity contribution is 0.0582. The highest BCUT2D eigenvalue weighted by molar-refractivity contribution is 5.51. The lowest BCUT2D eigenvalue weighted by Gasteiger charge is -2.45. The molecule has 1 aliphatic heterocycles. The predicted octanol–water partition coefficient (Wildman–Crippen LogP) is 6.31. The maximum Gasteiger partial charge on any atom is 0.124 e. The third kappa shape index (κ3) is 3.89. The van der Waals surface area contributed by atoms with Gasteiger partial charge in [0.15, 0.2) is 0 Å². The van der Waals surface area contributed by atoms with Crippen LogP contribution in [0.3, 0.4) is 0 Å². The Labute approximate surface area is 179 Å². The van der Waals surface area contributed by atoms with Crippen molar-refractivity contribution in [2.45, 2.75) is 57.5 Å². The van der Waals surface area contributed by atoms with E-state index in [1.807, 2.05) is 24.3 Å². The van der Waals surface area contributed by atoms with Gasteiger partial charge in [0.05, 0.1) is 0 Å². The Hall–Kier alpha value is -2.94. The standard InChI is InChI=1S/C27H30O3/c1-18(20-6-10-22(28)11-7-20)15-19-5-14-25-24(16-19)27(4,17-26(2,3)30-25)21-8-12-23(29)13-9-21/h5-14,16,18,28-29H,15,17H2,1-4H3. The largest absolute Gasteiger partial charge is 0.508 e. The Balaban J connectivity index is 1.71. The molecule has 0 saturated heterocycles. The van der Waals surface area contributed by atoms with Gasteiger partial charge in [-0.1, -0.05) is 50.2 Å². The quantitative estimate of drug-likeness (QED) is 0.537. The third-order valence-corrected chi connectivity index (χ3v) is 6.31. The van der Waals surface area contributed by atoms with Crippen LogP contribution in [0, 0.1) is 0 Å². The Kier molecular flexibility index (Phi) is 5.01. The molecule has 0 amide bonds. The van der Waals surface area contributed by atoms with Crippen LogP contribution in [-0.2, 0) is 11.8 Å². The maximum atomic E-state index is 9.77. The van der Waals surface area contributed by atoms with Gasteiger partial charge in [0.25, 0.3) is 0 Å². The number of hydrogen-bond acceptors (Lipinski definition) is 3. The molecule has 2 N–H and O–H groups in total. The summed E-state index contributed by atoms with van der Waals surface area (Å²) < 4.78 is 6.34. The van der Waals surface area contributed by atoms with Crippen LogP contribution < -0.4 is 4.74 Å². The van der Waals surface area contributed by atoms with Crippen molar-refractivity contribution < 1.29 is 14.9 Å². The number of rotatable bonds is 4. The first-order valence-electron chi connectivity index (χ1n) is 10.6. The maximum absolute atomic E-state index is 9.77. The van der Waals surface area contributed by atoms with Gasteiger partial charge in [-0.3, -0.25) is 0 Å². The summed E-state index contributed by atoms with van der Waals surface area (Å²) in [5.74, 6) is 1.85. The van der Waals surface area contributed by atoms with Crippen molar-refractivity contribution >= 4 is 0 Å². The van der Waals surface area contributed by atoms with E-state index >= 15 is 0 Å². The zero-order valence-electron chi connectivity index (χ0n) is 18.1. The summed E-state index contributed by atoms with van der Waals surface area (Å²) in [6.07, 6.45) is 1.77. The van der Waals surface area contributed by atoms with Crippen molar-refractivity contribution in [3.63, 3.8) is 0 Å². The average molecular weight is 403 g/mol. The molecule has 0 spiro atoms. The van der Waals surface area contributed by atoms with Crippen LogP contribution in [0.4, 0.5) is 0 Å². The number of hydrogen-bond donors (Lipinski definition) is 2. The van der Waals surface area contributed by atoms with Crippen LogP contribution >= 0.6 is 0 Å². The molecule has 3 aromatic carbocycles. The van der Waals surface area contributed by atoms with Gasteiger partial charge in [-0.15, -0.1) is 0 Å². The zero-order valence-corrected chi connectivity index (χ0v) is 18.1. The molecule has 4 rings (SSSR count). The number of ether oxygens (including phenoxy) is 1.